The van der Waals surface area contributed by atoms with Crippen molar-refractivity contribution in [3.05, 3.63) is 84.1 Å². The van der Waals surface area contributed by atoms with Crippen molar-refractivity contribution < 1.29 is 14.6 Å². The summed E-state index contributed by atoms with van der Waals surface area (Å²) in [5.41, 5.74) is 4.90. The highest BCUT2D eigenvalue weighted by Gasteiger charge is 2.37. The molecule has 4 heterocycles. The van der Waals surface area contributed by atoms with Crippen LogP contribution in [0.15, 0.2) is 67.4 Å². The van der Waals surface area contributed by atoms with Crippen LogP contribution in [-0.2, 0) is 24.1 Å². The molecule has 4 N–H and O–H groups in total. The summed E-state index contributed by atoms with van der Waals surface area (Å²) in [6, 6.07) is 11.6. The number of benzene rings is 1. The fourth-order valence-corrected chi connectivity index (χ4v) is 4.27. The molecule has 186 valence electrons. The topological polar surface area (TPSA) is 143 Å². The minimum Gasteiger partial charge on any atom is -0.442 e. The molecule has 1 aromatic carbocycles. The summed E-state index contributed by atoms with van der Waals surface area (Å²) >= 11 is 0. The average molecular weight is 489 g/mol. The summed E-state index contributed by atoms with van der Waals surface area (Å²) in [7, 11) is 0. The second-order valence-electron chi connectivity index (χ2n) is 8.79. The Balaban J connectivity index is 1.14. The molecule has 36 heavy (non-hydrogen) atoms. The van der Waals surface area contributed by atoms with Crippen molar-refractivity contribution in [3.63, 3.8) is 0 Å². The second-order valence-corrected chi connectivity index (χ2v) is 8.79. The molecule has 11 nitrogen and oxygen atoms in total. The van der Waals surface area contributed by atoms with Crippen molar-refractivity contribution in [1.82, 2.24) is 40.8 Å². The van der Waals surface area contributed by atoms with Gasteiger partial charge in [-0.1, -0.05) is 29.5 Å². The van der Waals surface area contributed by atoms with Crippen molar-refractivity contribution >= 4 is 6.09 Å². The fourth-order valence-electron chi connectivity index (χ4n) is 4.27. The zero-order chi connectivity index (χ0) is 24.7. The highest BCUT2D eigenvalue weighted by molar-refractivity contribution is 5.67. The van der Waals surface area contributed by atoms with Gasteiger partial charge in [-0.05, 0) is 36.1 Å². The number of aliphatic hydroxyl groups excluding tert-OH is 1. The molecule has 0 radical (unpaired) electrons. The molecule has 0 bridgehead atoms. The summed E-state index contributed by atoms with van der Waals surface area (Å²) in [4.78, 5) is 16.3. The first-order valence-electron chi connectivity index (χ1n) is 11.9. The van der Waals surface area contributed by atoms with E-state index in [4.69, 9.17) is 4.74 Å². The Morgan fingerprint density at radius 1 is 1.14 bits per heavy atom. The van der Waals surface area contributed by atoms with Gasteiger partial charge in [-0.3, -0.25) is 10.1 Å². The number of ether oxygens (including phenoxy) is 1. The van der Waals surface area contributed by atoms with E-state index in [1.54, 1.807) is 23.3 Å². The lowest BCUT2D eigenvalue weighted by atomic mass is 10.00. The van der Waals surface area contributed by atoms with E-state index in [-0.39, 0.29) is 6.04 Å². The van der Waals surface area contributed by atoms with Crippen molar-refractivity contribution in [3.8, 4) is 11.3 Å². The first-order chi connectivity index (χ1) is 17.6. The molecular weight excluding hydrogens is 460 g/mol. The van der Waals surface area contributed by atoms with E-state index < -0.39 is 18.3 Å². The van der Waals surface area contributed by atoms with Crippen LogP contribution in [-0.4, -0.2) is 72.7 Å². The summed E-state index contributed by atoms with van der Waals surface area (Å²) in [5, 5.41) is 31.6. The van der Waals surface area contributed by atoms with Crippen LogP contribution in [0.2, 0.25) is 0 Å². The third-order valence-electron chi connectivity index (χ3n) is 6.18. The van der Waals surface area contributed by atoms with E-state index >= 15 is 0 Å². The third kappa shape index (κ3) is 5.93. The number of hydrogen-bond acceptors (Lipinski definition) is 8. The van der Waals surface area contributed by atoms with Gasteiger partial charge in [-0.25, -0.2) is 9.48 Å². The fraction of sp³-hybridized carbons (Fsp3) is 0.320. The number of carbonyl (C=O) groups is 1. The molecule has 3 atom stereocenters. The average Bonchev–Trinajstić information content (AvgIpc) is 3.65. The van der Waals surface area contributed by atoms with Crippen LogP contribution in [0.25, 0.3) is 11.3 Å². The number of rotatable bonds is 9. The summed E-state index contributed by atoms with van der Waals surface area (Å²) in [5.74, 6) is 0. The zero-order valence-electron chi connectivity index (χ0n) is 19.6. The minimum absolute atomic E-state index is 0.187. The van der Waals surface area contributed by atoms with Crippen molar-refractivity contribution in [2.24, 2.45) is 0 Å². The van der Waals surface area contributed by atoms with E-state index in [0.29, 0.717) is 32.5 Å². The molecular formula is C25H28N8O3. The van der Waals surface area contributed by atoms with E-state index in [1.807, 2.05) is 48.8 Å². The van der Waals surface area contributed by atoms with Gasteiger partial charge < -0.3 is 20.5 Å². The Morgan fingerprint density at radius 3 is 2.75 bits per heavy atom. The van der Waals surface area contributed by atoms with Gasteiger partial charge in [0.25, 0.3) is 0 Å². The SMILES string of the molecule is O=C(NCCc1ccncc1)O[C@@H]1[C@@H](O)CN[C@@H]1Cc1ccc(-c2cn(Cc3cn[nH]c3)nn2)cc1. The van der Waals surface area contributed by atoms with E-state index in [9.17, 15) is 9.90 Å². The normalized spacial score (nSPS) is 19.3. The molecule has 5 rings (SSSR count). The van der Waals surface area contributed by atoms with Gasteiger partial charge in [-0.15, -0.1) is 5.10 Å². The van der Waals surface area contributed by atoms with Gasteiger partial charge in [-0.2, -0.15) is 5.10 Å². The molecule has 3 aromatic heterocycles. The third-order valence-corrected chi connectivity index (χ3v) is 6.18. The first kappa shape index (κ1) is 23.6. The molecule has 0 saturated carbocycles. The highest BCUT2D eigenvalue weighted by atomic mass is 16.6. The largest absolute Gasteiger partial charge is 0.442 e. The molecule has 0 spiro atoms. The molecule has 1 aliphatic heterocycles. The van der Waals surface area contributed by atoms with Crippen LogP contribution in [0.5, 0.6) is 0 Å². The quantitative estimate of drug-likeness (QED) is 0.276. The minimum atomic E-state index is -0.759. The Bertz CT molecular complexity index is 1240. The number of nitrogens with one attached hydrogen (secondary N) is 3. The van der Waals surface area contributed by atoms with Gasteiger partial charge in [0.1, 0.15) is 17.9 Å². The number of alkyl carbamates (subject to hydrolysis) is 1. The van der Waals surface area contributed by atoms with Crippen molar-refractivity contribution in [1.29, 1.82) is 0 Å². The molecule has 1 saturated heterocycles. The molecule has 11 heteroatoms. The number of β-amino-alcohol motifs (C(OH)–C–C–N with tert-alkyl or cyclic N) is 1. The number of nitrogens with zero attached hydrogens (tertiary/aromatic N) is 5. The zero-order valence-corrected chi connectivity index (χ0v) is 19.6. The molecule has 1 fully saturated rings. The number of H-pyrrole nitrogens is 1. The lowest BCUT2D eigenvalue weighted by Crippen LogP contribution is -2.41. The summed E-state index contributed by atoms with van der Waals surface area (Å²) in [6.45, 7) is 1.41. The standard InChI is InChI=1S/C25H28N8O3/c34-23-14-28-21(24(23)36-25(35)27-10-7-17-5-8-26-9-6-17)11-18-1-3-20(4-2-18)22-16-33(32-31-22)15-19-12-29-30-13-19/h1-6,8-9,12-13,16,21,23-24,28,34H,7,10-11,14-15H2,(H,27,35)(H,29,30)/t21-,23+,24+/m1/s1. The monoisotopic (exact) mass is 488 g/mol. The van der Waals surface area contributed by atoms with Crippen LogP contribution in [0, 0.1) is 0 Å². The van der Waals surface area contributed by atoms with Crippen molar-refractivity contribution in [2.45, 2.75) is 37.6 Å². The number of aromatic amines is 1. The molecule has 1 aliphatic rings. The number of hydrogen-bond donors (Lipinski definition) is 4. The van der Waals surface area contributed by atoms with E-state index in [1.165, 1.54) is 0 Å². The van der Waals surface area contributed by atoms with Crippen LogP contribution < -0.4 is 10.6 Å². The Kier molecular flexibility index (Phi) is 7.29. The van der Waals surface area contributed by atoms with Crippen molar-refractivity contribution in [2.75, 3.05) is 13.1 Å². The van der Waals surface area contributed by atoms with Crippen LogP contribution in [0.1, 0.15) is 16.7 Å². The maximum Gasteiger partial charge on any atom is 0.407 e. The number of pyridine rings is 1. The maximum atomic E-state index is 12.3. The Labute approximate surface area is 207 Å². The van der Waals surface area contributed by atoms with Gasteiger partial charge in [0.05, 0.1) is 25.0 Å². The molecule has 1 amide bonds. The predicted octanol–water partition coefficient (Wildman–Crippen LogP) is 1.32. The van der Waals surface area contributed by atoms with Gasteiger partial charge >= 0.3 is 6.09 Å². The Morgan fingerprint density at radius 2 is 1.97 bits per heavy atom. The second kappa shape index (κ2) is 11.1. The smallest absolute Gasteiger partial charge is 0.407 e. The summed E-state index contributed by atoms with van der Waals surface area (Å²) in [6.07, 6.45) is 8.29. The molecule has 0 aliphatic carbocycles. The van der Waals surface area contributed by atoms with Crippen LogP contribution >= 0.6 is 0 Å². The lowest BCUT2D eigenvalue weighted by Gasteiger charge is -2.22. The van der Waals surface area contributed by atoms with Crippen LogP contribution in [0.3, 0.4) is 0 Å². The van der Waals surface area contributed by atoms with Gasteiger partial charge in [0.15, 0.2) is 0 Å². The van der Waals surface area contributed by atoms with E-state index in [0.717, 1.165) is 27.9 Å². The number of aliphatic hydroxyl groups is 1. The van der Waals surface area contributed by atoms with Gasteiger partial charge in [0, 0.05) is 42.8 Å². The number of carbonyl (C=O) groups excluding carboxylic acids is 1. The van der Waals surface area contributed by atoms with Gasteiger partial charge in [0.2, 0.25) is 0 Å². The highest BCUT2D eigenvalue weighted by Crippen LogP contribution is 2.21. The van der Waals surface area contributed by atoms with Crippen LogP contribution in [0.4, 0.5) is 4.79 Å². The number of amides is 1. The Hall–Kier alpha value is -4.09. The summed E-state index contributed by atoms with van der Waals surface area (Å²) < 4.78 is 7.35. The maximum absolute atomic E-state index is 12.3. The predicted molar refractivity (Wildman–Crippen MR) is 131 cm³/mol. The molecule has 4 aromatic rings. The number of aromatic nitrogens is 6. The molecule has 0 unspecified atom stereocenters. The first-order valence-corrected chi connectivity index (χ1v) is 11.9. The lowest BCUT2D eigenvalue weighted by molar-refractivity contribution is 0.0191. The van der Waals surface area contributed by atoms with E-state index in [2.05, 4.69) is 36.1 Å².